The molecule has 0 spiro atoms. The Balaban J connectivity index is 1.47. The highest BCUT2D eigenvalue weighted by molar-refractivity contribution is 7.89. The molecule has 0 aromatic heterocycles. The lowest BCUT2D eigenvalue weighted by molar-refractivity contribution is -0.0884. The molecule has 174 valence electrons. The van der Waals surface area contributed by atoms with Crippen molar-refractivity contribution in [3.05, 3.63) is 60.2 Å². The summed E-state index contributed by atoms with van der Waals surface area (Å²) in [5, 5.41) is 15.0. The van der Waals surface area contributed by atoms with Gasteiger partial charge in [-0.2, -0.15) is 0 Å². The minimum atomic E-state index is -3.99. The number of amides is 2. The second-order valence-corrected chi connectivity index (χ2v) is 9.12. The maximum absolute atomic E-state index is 13.7. The van der Waals surface area contributed by atoms with Crippen LogP contribution >= 0.6 is 0 Å². The second kappa shape index (κ2) is 10.8. The standard InChI is InChI=1S/C21H25F2N3O5S/c22-14-5-7-15(8-6-14)25-21(28)26-18-10-9-16(31-19(18)13-27)11-12-24-32(29,30)20-4-2-1-3-17(20)23/h1-8,16,18-19,24,27H,9-13H2,(H2,25,26,28)/t16-,18+,19+/m0/s1. The topological polar surface area (TPSA) is 117 Å². The van der Waals surface area contributed by atoms with Crippen molar-refractivity contribution in [3.8, 4) is 0 Å². The number of ether oxygens (including phenoxy) is 1. The predicted molar refractivity (Wildman–Crippen MR) is 114 cm³/mol. The summed E-state index contributed by atoms with van der Waals surface area (Å²) in [5.41, 5.74) is 0.418. The molecule has 1 fully saturated rings. The normalized spacial score (nSPS) is 21.2. The van der Waals surface area contributed by atoms with Crippen LogP contribution in [0.1, 0.15) is 19.3 Å². The summed E-state index contributed by atoms with van der Waals surface area (Å²) >= 11 is 0. The Labute approximate surface area is 185 Å². The number of halogens is 2. The average molecular weight is 470 g/mol. The molecule has 2 amide bonds. The highest BCUT2D eigenvalue weighted by Crippen LogP contribution is 2.22. The van der Waals surface area contributed by atoms with Crippen molar-refractivity contribution in [1.29, 1.82) is 0 Å². The van der Waals surface area contributed by atoms with Gasteiger partial charge in [0.2, 0.25) is 10.0 Å². The zero-order valence-electron chi connectivity index (χ0n) is 17.1. The van der Waals surface area contributed by atoms with E-state index in [0.717, 1.165) is 6.07 Å². The van der Waals surface area contributed by atoms with Crippen LogP contribution in [0.5, 0.6) is 0 Å². The van der Waals surface area contributed by atoms with Gasteiger partial charge in [-0.25, -0.2) is 26.7 Å². The minimum absolute atomic E-state index is 0.0304. The summed E-state index contributed by atoms with van der Waals surface area (Å²) in [7, 11) is -3.99. The molecule has 3 rings (SSSR count). The van der Waals surface area contributed by atoms with Gasteiger partial charge < -0.3 is 20.5 Å². The molecule has 1 aliphatic heterocycles. The number of carbonyl (C=O) groups is 1. The third-order valence-electron chi connectivity index (χ3n) is 5.10. The van der Waals surface area contributed by atoms with E-state index >= 15 is 0 Å². The Kier molecular flexibility index (Phi) is 8.13. The first-order chi connectivity index (χ1) is 15.3. The van der Waals surface area contributed by atoms with Crippen molar-refractivity contribution in [3.63, 3.8) is 0 Å². The molecule has 2 aromatic carbocycles. The van der Waals surface area contributed by atoms with Crippen molar-refractivity contribution in [2.24, 2.45) is 0 Å². The highest BCUT2D eigenvalue weighted by Gasteiger charge is 2.32. The van der Waals surface area contributed by atoms with Crippen LogP contribution in [0.25, 0.3) is 0 Å². The Morgan fingerprint density at radius 2 is 1.81 bits per heavy atom. The van der Waals surface area contributed by atoms with Crippen LogP contribution in [-0.4, -0.2) is 51.0 Å². The van der Waals surface area contributed by atoms with Gasteiger partial charge in [-0.1, -0.05) is 12.1 Å². The fraction of sp³-hybridized carbons (Fsp3) is 0.381. The summed E-state index contributed by atoms with van der Waals surface area (Å²) in [5.74, 6) is -1.25. The Morgan fingerprint density at radius 1 is 1.09 bits per heavy atom. The molecule has 0 saturated carbocycles. The van der Waals surface area contributed by atoms with Gasteiger partial charge in [0.05, 0.1) is 18.8 Å². The van der Waals surface area contributed by atoms with Gasteiger partial charge in [-0.15, -0.1) is 0 Å². The maximum Gasteiger partial charge on any atom is 0.319 e. The zero-order valence-corrected chi connectivity index (χ0v) is 17.9. The molecule has 1 saturated heterocycles. The number of aliphatic hydroxyl groups is 1. The van der Waals surface area contributed by atoms with Crippen LogP contribution in [0.3, 0.4) is 0 Å². The van der Waals surface area contributed by atoms with Gasteiger partial charge in [0, 0.05) is 12.2 Å². The van der Waals surface area contributed by atoms with Crippen LogP contribution in [0.2, 0.25) is 0 Å². The molecule has 0 aliphatic carbocycles. The lowest BCUT2D eigenvalue weighted by atomic mass is 9.97. The van der Waals surface area contributed by atoms with E-state index in [4.69, 9.17) is 4.74 Å². The zero-order chi connectivity index (χ0) is 23.1. The maximum atomic E-state index is 13.7. The molecule has 1 aliphatic rings. The summed E-state index contributed by atoms with van der Waals surface area (Å²) in [6.07, 6.45) is 0.342. The van der Waals surface area contributed by atoms with Crippen LogP contribution in [0, 0.1) is 11.6 Å². The fourth-order valence-corrected chi connectivity index (χ4v) is 4.60. The first kappa shape index (κ1) is 24.1. The number of urea groups is 1. The van der Waals surface area contributed by atoms with Crippen molar-refractivity contribution < 1.29 is 31.8 Å². The first-order valence-corrected chi connectivity index (χ1v) is 11.6. The molecule has 8 nitrogen and oxygen atoms in total. The summed E-state index contributed by atoms with van der Waals surface area (Å²) in [4.78, 5) is 11.8. The molecule has 0 bridgehead atoms. The second-order valence-electron chi connectivity index (χ2n) is 7.39. The number of aliphatic hydroxyl groups excluding tert-OH is 1. The predicted octanol–water partition coefficient (Wildman–Crippen LogP) is 2.36. The number of nitrogens with one attached hydrogen (secondary N) is 3. The van der Waals surface area contributed by atoms with E-state index in [1.54, 1.807) is 0 Å². The molecule has 2 aromatic rings. The lowest BCUT2D eigenvalue weighted by Crippen LogP contribution is -2.52. The van der Waals surface area contributed by atoms with Crippen LogP contribution in [0.15, 0.2) is 53.4 Å². The number of anilines is 1. The SMILES string of the molecule is O=C(Nc1ccc(F)cc1)N[C@@H]1CC[C@@H](CCNS(=O)(=O)c2ccccc2F)O[C@@H]1CO. The monoisotopic (exact) mass is 469 g/mol. The van der Waals surface area contributed by atoms with E-state index < -0.39 is 44.7 Å². The molecule has 32 heavy (non-hydrogen) atoms. The van der Waals surface area contributed by atoms with E-state index in [-0.39, 0.29) is 19.3 Å². The first-order valence-electron chi connectivity index (χ1n) is 10.1. The molecule has 1 heterocycles. The van der Waals surface area contributed by atoms with Crippen molar-refractivity contribution >= 4 is 21.7 Å². The summed E-state index contributed by atoms with van der Waals surface area (Å²) in [6, 6.07) is 9.43. The highest BCUT2D eigenvalue weighted by atomic mass is 32.2. The molecule has 0 radical (unpaired) electrons. The van der Waals surface area contributed by atoms with Crippen LogP contribution in [0.4, 0.5) is 19.3 Å². The Hall–Kier alpha value is -2.60. The number of hydrogen-bond acceptors (Lipinski definition) is 5. The van der Waals surface area contributed by atoms with Crippen LogP contribution < -0.4 is 15.4 Å². The Morgan fingerprint density at radius 3 is 2.50 bits per heavy atom. The number of hydrogen-bond donors (Lipinski definition) is 4. The summed E-state index contributed by atoms with van der Waals surface area (Å²) < 4.78 is 59.4. The van der Waals surface area contributed by atoms with Gasteiger partial charge in [-0.3, -0.25) is 0 Å². The number of sulfonamides is 1. The van der Waals surface area contributed by atoms with Gasteiger partial charge in [0.25, 0.3) is 0 Å². The van der Waals surface area contributed by atoms with E-state index in [1.165, 1.54) is 42.5 Å². The van der Waals surface area contributed by atoms with E-state index in [0.29, 0.717) is 24.9 Å². The van der Waals surface area contributed by atoms with E-state index in [2.05, 4.69) is 15.4 Å². The third kappa shape index (κ3) is 6.45. The largest absolute Gasteiger partial charge is 0.394 e. The quantitative estimate of drug-likeness (QED) is 0.474. The Bertz CT molecular complexity index is 1020. The van der Waals surface area contributed by atoms with E-state index in [9.17, 15) is 27.1 Å². The molecule has 0 unspecified atom stereocenters. The number of carbonyl (C=O) groups excluding carboxylic acids is 1. The van der Waals surface area contributed by atoms with E-state index in [1.807, 2.05) is 0 Å². The minimum Gasteiger partial charge on any atom is -0.394 e. The smallest absolute Gasteiger partial charge is 0.319 e. The van der Waals surface area contributed by atoms with Crippen LogP contribution in [-0.2, 0) is 14.8 Å². The lowest BCUT2D eigenvalue weighted by Gasteiger charge is -2.36. The van der Waals surface area contributed by atoms with Gasteiger partial charge in [0.1, 0.15) is 22.6 Å². The number of benzene rings is 2. The van der Waals surface area contributed by atoms with Gasteiger partial charge >= 0.3 is 6.03 Å². The summed E-state index contributed by atoms with van der Waals surface area (Å²) in [6.45, 7) is -0.304. The average Bonchev–Trinajstić information content (AvgIpc) is 2.76. The van der Waals surface area contributed by atoms with Crippen molar-refractivity contribution in [1.82, 2.24) is 10.0 Å². The van der Waals surface area contributed by atoms with Gasteiger partial charge in [-0.05, 0) is 55.7 Å². The number of rotatable bonds is 8. The molecule has 4 N–H and O–H groups in total. The van der Waals surface area contributed by atoms with Gasteiger partial charge in [0.15, 0.2) is 0 Å². The molecule has 3 atom stereocenters. The molecular weight excluding hydrogens is 444 g/mol. The molecular formula is C21H25F2N3O5S. The molecule has 11 heteroatoms. The fourth-order valence-electron chi connectivity index (χ4n) is 3.47. The third-order valence-corrected chi connectivity index (χ3v) is 6.59. The van der Waals surface area contributed by atoms with Crippen molar-refractivity contribution in [2.45, 2.75) is 42.4 Å². The van der Waals surface area contributed by atoms with Crippen molar-refractivity contribution in [2.75, 3.05) is 18.5 Å².